The van der Waals surface area contributed by atoms with Gasteiger partial charge in [0.2, 0.25) is 6.29 Å². The highest BCUT2D eigenvalue weighted by Gasteiger charge is 2.56. The van der Waals surface area contributed by atoms with E-state index in [1.165, 1.54) is 0 Å². The number of quaternary nitrogens is 4. The molecule has 19 heteroatoms. The molecule has 2 saturated carbocycles. The number of rotatable bonds is 7. The van der Waals surface area contributed by atoms with E-state index in [1.54, 1.807) is 0 Å². The fourth-order valence-corrected chi connectivity index (χ4v) is 5.36. The van der Waals surface area contributed by atoms with Crippen molar-refractivity contribution in [2.24, 2.45) is 5.41 Å². The van der Waals surface area contributed by atoms with Crippen LogP contribution in [0.4, 0.5) is 0 Å². The first-order valence-corrected chi connectivity index (χ1v) is 12.0. The number of hydrogen-bond acceptors (Lipinski definition) is 11. The van der Waals surface area contributed by atoms with Gasteiger partial charge in [-0.15, -0.1) is 0 Å². The molecule has 3 rings (SSSR count). The average Bonchev–Trinajstić information content (AvgIpc) is 2.84. The Hall–Kier alpha value is 0.560. The van der Waals surface area contributed by atoms with Crippen LogP contribution in [0, 0.1) is 5.41 Å². The molecule has 0 bridgehead atoms. The van der Waals surface area contributed by atoms with Crippen LogP contribution in [0.2, 0.25) is 0 Å². The highest BCUT2D eigenvalue weighted by atomic mass is 35.5. The minimum Gasteiger partial charge on any atom is -1.00 e. The molecule has 3 aliphatic rings. The maximum absolute atomic E-state index is 10.9. The topological polar surface area (TPSA) is 300 Å². The first-order chi connectivity index (χ1) is 16.4. The van der Waals surface area contributed by atoms with Gasteiger partial charge < -0.3 is 128 Å². The first kappa shape index (κ1) is 41.7. The first-order valence-electron chi connectivity index (χ1n) is 12.0. The van der Waals surface area contributed by atoms with Crippen molar-refractivity contribution in [3.63, 3.8) is 0 Å². The van der Waals surface area contributed by atoms with Crippen molar-refractivity contribution >= 4 is 0 Å². The van der Waals surface area contributed by atoms with Gasteiger partial charge in [-0.1, -0.05) is 0 Å². The SMILES string of the molecule is [Cl-].[Cl-].[Cl-].[Cl-].[NH3+]CC1OC(OC2C([NH3+])CC([NH3+])C(O)C2OC2CC(CO)(CO)C(O)C(O)C2O)C([NH3+])C(O)C1O. The summed E-state index contributed by atoms with van der Waals surface area (Å²) in [5, 5.41) is 82.5. The summed E-state index contributed by atoms with van der Waals surface area (Å²) in [6, 6.07) is -1.87. The van der Waals surface area contributed by atoms with Gasteiger partial charge in [0.25, 0.3) is 0 Å². The second-order valence-corrected chi connectivity index (χ2v) is 10.3. The van der Waals surface area contributed by atoms with Crippen molar-refractivity contribution in [1.29, 1.82) is 0 Å². The van der Waals surface area contributed by atoms with E-state index in [2.05, 4.69) is 22.9 Å². The van der Waals surface area contributed by atoms with Gasteiger partial charge in [-0.25, -0.2) is 0 Å². The quantitative estimate of drug-likeness (QED) is 0.122. The molecule has 3 fully saturated rings. The fraction of sp³-hybridized carbons (Fsp3) is 1.00. The molecule has 238 valence electrons. The van der Waals surface area contributed by atoms with Crippen molar-refractivity contribution in [2.75, 3.05) is 19.8 Å². The molecular weight excluding hydrogens is 614 g/mol. The molecule has 0 aromatic carbocycles. The Morgan fingerprint density at radius 3 is 1.79 bits per heavy atom. The maximum atomic E-state index is 10.9. The summed E-state index contributed by atoms with van der Waals surface area (Å²) in [7, 11) is 0. The molecule has 1 aliphatic heterocycles. The highest BCUT2D eigenvalue weighted by molar-refractivity contribution is 5.04. The van der Waals surface area contributed by atoms with Gasteiger partial charge in [-0.3, -0.25) is 0 Å². The molecule has 39 heavy (non-hydrogen) atoms. The van der Waals surface area contributed by atoms with Crippen LogP contribution in [0.25, 0.3) is 0 Å². The fourth-order valence-electron chi connectivity index (χ4n) is 5.36. The van der Waals surface area contributed by atoms with E-state index in [1.807, 2.05) is 0 Å². The van der Waals surface area contributed by atoms with Gasteiger partial charge in [-0.05, 0) is 6.42 Å². The van der Waals surface area contributed by atoms with E-state index in [9.17, 15) is 40.9 Å². The molecule has 14 unspecified atom stereocenters. The molecule has 1 saturated heterocycles. The number of halogens is 4. The number of aliphatic hydroxyl groups is 8. The lowest BCUT2D eigenvalue weighted by molar-refractivity contribution is -0.536. The van der Waals surface area contributed by atoms with E-state index in [4.69, 9.17) is 14.2 Å². The number of ether oxygens (including phenoxy) is 3. The Balaban J connectivity index is 0. The summed E-state index contributed by atoms with van der Waals surface area (Å²) < 4.78 is 18.0. The standard InChI is InChI=1S/C20H40N4O11.4ClH/c21-3-9-13(29)14(30)10(24)19(34-9)35-16-7(23)1-6(22)11(27)17(16)33-8-2-20(4-25,5-26)18(32)15(31)12(8)28;;;;/h6-19,25-32H,1-5,21-24H2;4*1H. The van der Waals surface area contributed by atoms with Crippen LogP contribution in [0.15, 0.2) is 0 Å². The van der Waals surface area contributed by atoms with Gasteiger partial charge in [-0.2, -0.15) is 0 Å². The largest absolute Gasteiger partial charge is 1.00 e. The zero-order valence-corrected chi connectivity index (χ0v) is 24.3. The van der Waals surface area contributed by atoms with Crippen LogP contribution in [0.5, 0.6) is 0 Å². The van der Waals surface area contributed by atoms with Crippen LogP contribution in [0.1, 0.15) is 12.8 Å². The molecule has 20 N–H and O–H groups in total. The third kappa shape index (κ3) is 8.14. The smallest absolute Gasteiger partial charge is 0.214 e. The minimum absolute atomic E-state index is 0. The summed E-state index contributed by atoms with van der Waals surface area (Å²) >= 11 is 0. The van der Waals surface area contributed by atoms with E-state index < -0.39 is 104 Å². The summed E-state index contributed by atoms with van der Waals surface area (Å²) in [5.74, 6) is 0. The lowest BCUT2D eigenvalue weighted by Crippen LogP contribution is -3.00. The zero-order valence-electron chi connectivity index (χ0n) is 21.3. The van der Waals surface area contributed by atoms with Crippen molar-refractivity contribution in [3.05, 3.63) is 0 Å². The Morgan fingerprint density at radius 1 is 0.718 bits per heavy atom. The Bertz CT molecular complexity index is 708. The lowest BCUT2D eigenvalue weighted by atomic mass is 9.69. The van der Waals surface area contributed by atoms with E-state index in [0.29, 0.717) is 6.42 Å². The van der Waals surface area contributed by atoms with Crippen molar-refractivity contribution in [3.8, 4) is 0 Å². The molecule has 15 nitrogen and oxygen atoms in total. The second-order valence-electron chi connectivity index (χ2n) is 10.3. The zero-order chi connectivity index (χ0) is 26.2. The summed E-state index contributed by atoms with van der Waals surface area (Å²) in [6.45, 7) is -1.20. The normalized spacial score (nSPS) is 45.5. The van der Waals surface area contributed by atoms with Crippen LogP contribution < -0.4 is 72.6 Å². The molecule has 0 radical (unpaired) electrons. The molecular formula is C20H44Cl4N4O11. The lowest BCUT2D eigenvalue weighted by Gasteiger charge is -2.49. The van der Waals surface area contributed by atoms with Gasteiger partial charge in [0.15, 0.2) is 6.04 Å². The third-order valence-electron chi connectivity index (χ3n) is 7.87. The van der Waals surface area contributed by atoms with Gasteiger partial charge >= 0.3 is 0 Å². The highest BCUT2D eigenvalue weighted by Crippen LogP contribution is 2.39. The van der Waals surface area contributed by atoms with Crippen molar-refractivity contribution in [1.82, 2.24) is 0 Å². The summed E-state index contributed by atoms with van der Waals surface area (Å²) in [6.07, 6.45) is -13.6. The minimum atomic E-state index is -1.72. The van der Waals surface area contributed by atoms with Crippen LogP contribution in [-0.4, -0.2) is 146 Å². The predicted octanol–water partition coefficient (Wildman–Crippen LogP) is -22.1. The molecule has 0 spiro atoms. The van der Waals surface area contributed by atoms with E-state index in [-0.39, 0.29) is 62.6 Å². The number of hydrogen-bond donors (Lipinski definition) is 12. The number of aliphatic hydroxyl groups excluding tert-OH is 8. The molecule has 0 aromatic rings. The van der Waals surface area contributed by atoms with Crippen molar-refractivity contribution in [2.45, 2.75) is 98.3 Å². The van der Waals surface area contributed by atoms with Crippen LogP contribution in [0.3, 0.4) is 0 Å². The van der Waals surface area contributed by atoms with Crippen molar-refractivity contribution < 1.29 is 128 Å². The molecule has 14 atom stereocenters. The van der Waals surface area contributed by atoms with Gasteiger partial charge in [0.05, 0.1) is 31.8 Å². The Kier molecular flexibility index (Phi) is 18.2. The summed E-state index contributed by atoms with van der Waals surface area (Å²) in [5.41, 5.74) is 14.0. The Morgan fingerprint density at radius 2 is 1.28 bits per heavy atom. The van der Waals surface area contributed by atoms with E-state index in [0.717, 1.165) is 0 Å². The van der Waals surface area contributed by atoms with E-state index >= 15 is 0 Å². The predicted molar refractivity (Wildman–Crippen MR) is 112 cm³/mol. The summed E-state index contributed by atoms with van der Waals surface area (Å²) in [4.78, 5) is 0. The van der Waals surface area contributed by atoms with Crippen LogP contribution in [-0.2, 0) is 14.2 Å². The monoisotopic (exact) mass is 656 g/mol. The maximum Gasteiger partial charge on any atom is 0.214 e. The van der Waals surface area contributed by atoms with Gasteiger partial charge in [0, 0.05) is 5.41 Å². The van der Waals surface area contributed by atoms with Crippen LogP contribution >= 0.6 is 0 Å². The molecule has 2 aliphatic carbocycles. The van der Waals surface area contributed by atoms with Gasteiger partial charge in [0.1, 0.15) is 67.5 Å². The molecule has 0 amide bonds. The molecule has 1 heterocycles. The molecule has 0 aromatic heterocycles. The third-order valence-corrected chi connectivity index (χ3v) is 7.87. The Labute approximate surface area is 250 Å². The average molecular weight is 658 g/mol. The second kappa shape index (κ2) is 17.0.